The van der Waals surface area contributed by atoms with Crippen LogP contribution in [0.1, 0.15) is 42.9 Å². The second-order valence-corrected chi connectivity index (χ2v) is 6.91. The Bertz CT molecular complexity index is 857. The molecule has 27 heavy (non-hydrogen) atoms. The van der Waals surface area contributed by atoms with E-state index in [0.717, 1.165) is 24.1 Å². The number of methoxy groups -OCH3 is 1. The molecule has 3 rings (SSSR count). The van der Waals surface area contributed by atoms with Crippen LogP contribution < -0.4 is 20.9 Å². The Morgan fingerprint density at radius 3 is 2.78 bits per heavy atom. The van der Waals surface area contributed by atoms with Gasteiger partial charge in [0.05, 0.1) is 24.8 Å². The van der Waals surface area contributed by atoms with Gasteiger partial charge in [0.25, 0.3) is 5.56 Å². The molecule has 0 radical (unpaired) electrons. The average molecular weight is 370 g/mol. The molecule has 2 amide bonds. The third kappa shape index (κ3) is 4.87. The Kier molecular flexibility index (Phi) is 6.11. The standard InChI is InChI=1S/C20H26N4O3/c1-14-7-8-18(27-2)17(11-14)23-20(26)21-9-10-24-13-22-16(12-19(24)25)15-5-3-4-6-15/h7-8,11-13,15H,3-6,9-10H2,1-2H3,(H2,21,23,26). The molecule has 0 bridgehead atoms. The molecule has 0 spiro atoms. The normalized spacial score (nSPS) is 14.1. The van der Waals surface area contributed by atoms with Gasteiger partial charge < -0.3 is 15.4 Å². The van der Waals surface area contributed by atoms with Gasteiger partial charge in [-0.3, -0.25) is 9.36 Å². The molecule has 0 unspecified atom stereocenters. The fourth-order valence-corrected chi connectivity index (χ4v) is 3.43. The van der Waals surface area contributed by atoms with E-state index in [0.29, 0.717) is 30.4 Å². The van der Waals surface area contributed by atoms with Crippen LogP contribution >= 0.6 is 0 Å². The summed E-state index contributed by atoms with van der Waals surface area (Å²) in [5.74, 6) is 1.01. The highest BCUT2D eigenvalue weighted by Gasteiger charge is 2.18. The molecule has 7 heteroatoms. The lowest BCUT2D eigenvalue weighted by Crippen LogP contribution is -2.34. The number of rotatable bonds is 6. The van der Waals surface area contributed by atoms with Crippen LogP contribution in [0.25, 0.3) is 0 Å². The summed E-state index contributed by atoms with van der Waals surface area (Å²) in [6, 6.07) is 6.85. The Labute approximate surface area is 158 Å². The molecule has 144 valence electrons. The fraction of sp³-hybridized carbons (Fsp3) is 0.450. The van der Waals surface area contributed by atoms with Crippen molar-refractivity contribution in [2.75, 3.05) is 19.0 Å². The maximum absolute atomic E-state index is 12.3. The van der Waals surface area contributed by atoms with E-state index in [4.69, 9.17) is 4.74 Å². The number of hydrogen-bond donors (Lipinski definition) is 2. The summed E-state index contributed by atoms with van der Waals surface area (Å²) in [5, 5.41) is 5.53. The second kappa shape index (κ2) is 8.70. The number of aromatic nitrogens is 2. The van der Waals surface area contributed by atoms with Gasteiger partial charge in [-0.15, -0.1) is 0 Å². The number of amides is 2. The Morgan fingerprint density at radius 2 is 2.07 bits per heavy atom. The molecule has 1 aromatic carbocycles. The molecule has 1 aliphatic rings. The van der Waals surface area contributed by atoms with E-state index >= 15 is 0 Å². The van der Waals surface area contributed by atoms with Gasteiger partial charge in [-0.1, -0.05) is 18.9 Å². The van der Waals surface area contributed by atoms with Gasteiger partial charge in [0, 0.05) is 25.1 Å². The van der Waals surface area contributed by atoms with Crippen molar-refractivity contribution >= 4 is 11.7 Å². The maximum Gasteiger partial charge on any atom is 0.319 e. The fourth-order valence-electron chi connectivity index (χ4n) is 3.43. The highest BCUT2D eigenvalue weighted by atomic mass is 16.5. The molecule has 1 aromatic heterocycles. The van der Waals surface area contributed by atoms with E-state index in [1.807, 2.05) is 25.1 Å². The highest BCUT2D eigenvalue weighted by molar-refractivity contribution is 5.91. The van der Waals surface area contributed by atoms with Crippen LogP contribution in [0.15, 0.2) is 35.4 Å². The van der Waals surface area contributed by atoms with Crippen LogP contribution in [0.4, 0.5) is 10.5 Å². The van der Waals surface area contributed by atoms with Crippen molar-refractivity contribution in [3.8, 4) is 5.75 Å². The predicted octanol–water partition coefficient (Wildman–Crippen LogP) is 3.04. The molecule has 1 fully saturated rings. The molecule has 2 N–H and O–H groups in total. The summed E-state index contributed by atoms with van der Waals surface area (Å²) in [5.41, 5.74) is 2.45. The molecule has 0 atom stereocenters. The van der Waals surface area contributed by atoms with Crippen molar-refractivity contribution in [2.45, 2.75) is 45.1 Å². The minimum atomic E-state index is -0.345. The smallest absolute Gasteiger partial charge is 0.319 e. The second-order valence-electron chi connectivity index (χ2n) is 6.91. The van der Waals surface area contributed by atoms with Gasteiger partial charge in [-0.05, 0) is 37.5 Å². The van der Waals surface area contributed by atoms with E-state index in [2.05, 4.69) is 15.6 Å². The van der Waals surface area contributed by atoms with Crippen molar-refractivity contribution in [2.24, 2.45) is 0 Å². The van der Waals surface area contributed by atoms with Crippen LogP contribution in [-0.4, -0.2) is 29.2 Å². The molecule has 2 aromatic rings. The molecule has 1 heterocycles. The number of anilines is 1. The summed E-state index contributed by atoms with van der Waals surface area (Å²) >= 11 is 0. The van der Waals surface area contributed by atoms with Crippen LogP contribution in [-0.2, 0) is 6.54 Å². The Balaban J connectivity index is 1.53. The predicted molar refractivity (Wildman–Crippen MR) is 104 cm³/mol. The number of carbonyl (C=O) groups is 1. The third-order valence-electron chi connectivity index (χ3n) is 4.92. The monoisotopic (exact) mass is 370 g/mol. The van der Waals surface area contributed by atoms with E-state index in [9.17, 15) is 9.59 Å². The number of aryl methyl sites for hydroxylation is 1. The minimum Gasteiger partial charge on any atom is -0.495 e. The van der Waals surface area contributed by atoms with Crippen molar-refractivity contribution in [3.63, 3.8) is 0 Å². The zero-order valence-corrected chi connectivity index (χ0v) is 15.8. The third-order valence-corrected chi connectivity index (χ3v) is 4.92. The van der Waals surface area contributed by atoms with E-state index < -0.39 is 0 Å². The first-order chi connectivity index (χ1) is 13.1. The maximum atomic E-state index is 12.3. The van der Waals surface area contributed by atoms with Crippen LogP contribution in [0.3, 0.4) is 0 Å². The van der Waals surface area contributed by atoms with Gasteiger partial charge in [-0.25, -0.2) is 9.78 Å². The summed E-state index contributed by atoms with van der Waals surface area (Å²) in [7, 11) is 1.56. The first kappa shape index (κ1) is 18.9. The molecule has 0 aliphatic heterocycles. The lowest BCUT2D eigenvalue weighted by atomic mass is 10.0. The summed E-state index contributed by atoms with van der Waals surface area (Å²) in [6.45, 7) is 2.64. The van der Waals surface area contributed by atoms with Gasteiger partial charge in [-0.2, -0.15) is 0 Å². The van der Waals surface area contributed by atoms with Gasteiger partial charge >= 0.3 is 6.03 Å². The zero-order valence-electron chi connectivity index (χ0n) is 15.8. The van der Waals surface area contributed by atoms with Gasteiger partial charge in [0.2, 0.25) is 0 Å². The minimum absolute atomic E-state index is 0.0746. The largest absolute Gasteiger partial charge is 0.495 e. The number of ether oxygens (including phenoxy) is 1. The lowest BCUT2D eigenvalue weighted by Gasteiger charge is -2.13. The topological polar surface area (TPSA) is 85.2 Å². The van der Waals surface area contributed by atoms with Crippen molar-refractivity contribution in [1.82, 2.24) is 14.9 Å². The van der Waals surface area contributed by atoms with Crippen LogP contribution in [0.2, 0.25) is 0 Å². The van der Waals surface area contributed by atoms with Crippen LogP contribution in [0, 0.1) is 6.92 Å². The van der Waals surface area contributed by atoms with Crippen LogP contribution in [0.5, 0.6) is 5.75 Å². The zero-order chi connectivity index (χ0) is 19.2. The van der Waals surface area contributed by atoms with Crippen molar-refractivity contribution in [3.05, 3.63) is 52.2 Å². The van der Waals surface area contributed by atoms with Crippen molar-refractivity contribution in [1.29, 1.82) is 0 Å². The molecule has 7 nitrogen and oxygen atoms in total. The molecular weight excluding hydrogens is 344 g/mol. The quantitative estimate of drug-likeness (QED) is 0.818. The number of carbonyl (C=O) groups excluding carboxylic acids is 1. The molecule has 1 aliphatic carbocycles. The summed E-state index contributed by atoms with van der Waals surface area (Å²) in [4.78, 5) is 28.8. The van der Waals surface area contributed by atoms with E-state index in [1.54, 1.807) is 19.5 Å². The number of benzene rings is 1. The average Bonchev–Trinajstić information content (AvgIpc) is 3.18. The van der Waals surface area contributed by atoms with Crippen molar-refractivity contribution < 1.29 is 9.53 Å². The van der Waals surface area contributed by atoms with E-state index in [-0.39, 0.29) is 11.6 Å². The number of hydrogen-bond acceptors (Lipinski definition) is 4. The number of nitrogens with zero attached hydrogens (tertiary/aromatic N) is 2. The SMILES string of the molecule is COc1ccc(C)cc1NC(=O)NCCn1cnc(C2CCCC2)cc1=O. The number of urea groups is 1. The first-order valence-corrected chi connectivity index (χ1v) is 9.32. The number of nitrogens with one attached hydrogen (secondary N) is 2. The van der Waals surface area contributed by atoms with E-state index in [1.165, 1.54) is 17.4 Å². The highest BCUT2D eigenvalue weighted by Crippen LogP contribution is 2.32. The summed E-state index contributed by atoms with van der Waals surface area (Å²) < 4.78 is 6.77. The van der Waals surface area contributed by atoms with Gasteiger partial charge in [0.1, 0.15) is 5.75 Å². The molecule has 1 saturated carbocycles. The van der Waals surface area contributed by atoms with Gasteiger partial charge in [0.15, 0.2) is 0 Å². The first-order valence-electron chi connectivity index (χ1n) is 9.32. The summed E-state index contributed by atoms with van der Waals surface area (Å²) in [6.07, 6.45) is 6.22. The lowest BCUT2D eigenvalue weighted by molar-refractivity contribution is 0.251. The Hall–Kier alpha value is -2.83. The molecular formula is C20H26N4O3. The molecule has 0 saturated heterocycles. The Morgan fingerprint density at radius 1 is 1.30 bits per heavy atom.